The standard InChI is InChI=1S/C18H38O2Si/c1-6-7-8-9-10-11-12-13-14-15-17(21(3,4)5)16(2)18(19)20/h16-17H,6-15H2,1-5H3,(H,19,20). The number of carboxylic acids is 1. The Morgan fingerprint density at radius 1 is 0.905 bits per heavy atom. The molecule has 0 rings (SSSR count). The third kappa shape index (κ3) is 10.1. The van der Waals surface area contributed by atoms with E-state index in [0.717, 1.165) is 6.42 Å². The molecule has 0 aliphatic rings. The van der Waals surface area contributed by atoms with Gasteiger partial charge in [0.2, 0.25) is 0 Å². The summed E-state index contributed by atoms with van der Waals surface area (Å²) in [7, 11) is -1.38. The summed E-state index contributed by atoms with van der Waals surface area (Å²) in [6.45, 7) is 11.1. The highest BCUT2D eigenvalue weighted by Crippen LogP contribution is 2.35. The predicted octanol–water partition coefficient (Wildman–Crippen LogP) is 6.34. The number of carbonyl (C=O) groups is 1. The monoisotopic (exact) mass is 314 g/mol. The Balaban J connectivity index is 3.82. The van der Waals surface area contributed by atoms with Crippen LogP contribution < -0.4 is 0 Å². The minimum Gasteiger partial charge on any atom is -0.481 e. The first kappa shape index (κ1) is 20.7. The van der Waals surface area contributed by atoms with Crippen LogP contribution in [0.2, 0.25) is 25.2 Å². The summed E-state index contributed by atoms with van der Waals surface area (Å²) in [6, 6.07) is 0. The molecule has 0 fully saturated rings. The van der Waals surface area contributed by atoms with E-state index in [4.69, 9.17) is 0 Å². The first-order valence-corrected chi connectivity index (χ1v) is 12.6. The highest BCUT2D eigenvalue weighted by atomic mass is 28.3. The van der Waals surface area contributed by atoms with E-state index in [2.05, 4.69) is 26.6 Å². The molecule has 0 aromatic carbocycles. The second-order valence-electron chi connectivity index (χ2n) is 7.72. The van der Waals surface area contributed by atoms with Crippen molar-refractivity contribution in [1.82, 2.24) is 0 Å². The lowest BCUT2D eigenvalue weighted by Crippen LogP contribution is -2.35. The van der Waals surface area contributed by atoms with Gasteiger partial charge in [-0.2, -0.15) is 0 Å². The highest BCUT2D eigenvalue weighted by molar-refractivity contribution is 6.77. The van der Waals surface area contributed by atoms with Crippen molar-refractivity contribution in [3.05, 3.63) is 0 Å². The fourth-order valence-corrected chi connectivity index (χ4v) is 5.99. The Bertz CT molecular complexity index is 271. The molecule has 0 amide bonds. The lowest BCUT2D eigenvalue weighted by Gasteiger charge is -2.32. The van der Waals surface area contributed by atoms with Gasteiger partial charge in [0.1, 0.15) is 0 Å². The van der Waals surface area contributed by atoms with Gasteiger partial charge >= 0.3 is 5.97 Å². The van der Waals surface area contributed by atoms with Crippen molar-refractivity contribution < 1.29 is 9.90 Å². The van der Waals surface area contributed by atoms with Crippen LogP contribution >= 0.6 is 0 Å². The fraction of sp³-hybridized carbons (Fsp3) is 0.944. The molecule has 0 saturated heterocycles. The summed E-state index contributed by atoms with van der Waals surface area (Å²) in [6.07, 6.45) is 13.1. The van der Waals surface area contributed by atoms with Gasteiger partial charge in [0.15, 0.2) is 0 Å². The molecule has 0 radical (unpaired) electrons. The molecule has 0 aromatic rings. The summed E-state index contributed by atoms with van der Waals surface area (Å²) in [4.78, 5) is 11.3. The quantitative estimate of drug-likeness (QED) is 0.318. The first-order chi connectivity index (χ1) is 9.80. The molecule has 0 aromatic heterocycles. The van der Waals surface area contributed by atoms with Crippen LogP contribution in [0, 0.1) is 5.92 Å². The zero-order valence-corrected chi connectivity index (χ0v) is 16.1. The van der Waals surface area contributed by atoms with Gasteiger partial charge in [0, 0.05) is 8.07 Å². The van der Waals surface area contributed by atoms with Crippen molar-refractivity contribution in [3.63, 3.8) is 0 Å². The first-order valence-electron chi connectivity index (χ1n) is 9.03. The number of unbranched alkanes of at least 4 members (excludes halogenated alkanes) is 8. The van der Waals surface area contributed by atoms with Gasteiger partial charge in [-0.3, -0.25) is 4.79 Å². The van der Waals surface area contributed by atoms with Gasteiger partial charge in [-0.05, 0) is 5.54 Å². The van der Waals surface area contributed by atoms with Crippen LogP contribution in [0.5, 0.6) is 0 Å². The van der Waals surface area contributed by atoms with E-state index in [-0.39, 0.29) is 5.92 Å². The van der Waals surface area contributed by atoms with E-state index >= 15 is 0 Å². The van der Waals surface area contributed by atoms with E-state index in [9.17, 15) is 9.90 Å². The van der Waals surface area contributed by atoms with E-state index in [0.29, 0.717) is 5.54 Å². The topological polar surface area (TPSA) is 37.3 Å². The number of carboxylic acid groups (broad SMARTS) is 1. The summed E-state index contributed by atoms with van der Waals surface area (Å²) in [5, 5.41) is 9.28. The molecular weight excluding hydrogens is 276 g/mol. The molecule has 0 aliphatic heterocycles. The lowest BCUT2D eigenvalue weighted by molar-refractivity contribution is -0.141. The Morgan fingerprint density at radius 2 is 1.33 bits per heavy atom. The molecule has 21 heavy (non-hydrogen) atoms. The SMILES string of the molecule is CCCCCCCCCCCC(C(C)C(=O)O)[Si](C)(C)C. The van der Waals surface area contributed by atoms with E-state index in [1.165, 1.54) is 57.8 Å². The summed E-state index contributed by atoms with van der Waals surface area (Å²) in [5.74, 6) is -0.788. The minimum absolute atomic E-state index is 0.175. The van der Waals surface area contributed by atoms with Gasteiger partial charge in [0.05, 0.1) is 5.92 Å². The molecule has 0 saturated carbocycles. The van der Waals surface area contributed by atoms with Crippen molar-refractivity contribution in [2.75, 3.05) is 0 Å². The third-order valence-electron chi connectivity index (χ3n) is 4.72. The van der Waals surface area contributed by atoms with E-state index in [1.807, 2.05) is 6.92 Å². The fourth-order valence-electron chi connectivity index (χ4n) is 3.28. The van der Waals surface area contributed by atoms with E-state index in [1.54, 1.807) is 0 Å². The van der Waals surface area contributed by atoms with Crippen molar-refractivity contribution in [3.8, 4) is 0 Å². The third-order valence-corrected chi connectivity index (χ3v) is 7.74. The van der Waals surface area contributed by atoms with Gasteiger partial charge < -0.3 is 5.11 Å². The smallest absolute Gasteiger partial charge is 0.306 e. The number of rotatable bonds is 13. The molecule has 0 bridgehead atoms. The number of hydrogen-bond donors (Lipinski definition) is 1. The van der Waals surface area contributed by atoms with Crippen LogP contribution in [-0.4, -0.2) is 19.1 Å². The molecule has 126 valence electrons. The highest BCUT2D eigenvalue weighted by Gasteiger charge is 2.34. The molecule has 2 atom stereocenters. The largest absolute Gasteiger partial charge is 0.481 e. The zero-order chi connectivity index (χ0) is 16.3. The Kier molecular flexibility index (Phi) is 11.1. The average molecular weight is 315 g/mol. The lowest BCUT2D eigenvalue weighted by atomic mass is 10.0. The van der Waals surface area contributed by atoms with Crippen LogP contribution in [0.1, 0.15) is 78.1 Å². The van der Waals surface area contributed by atoms with Crippen molar-refractivity contribution in [1.29, 1.82) is 0 Å². The number of aliphatic carboxylic acids is 1. The zero-order valence-electron chi connectivity index (χ0n) is 15.1. The molecule has 0 heterocycles. The van der Waals surface area contributed by atoms with E-state index < -0.39 is 14.0 Å². The van der Waals surface area contributed by atoms with Gasteiger partial charge in [0.25, 0.3) is 0 Å². The Morgan fingerprint density at radius 3 is 1.71 bits per heavy atom. The minimum atomic E-state index is -1.38. The van der Waals surface area contributed by atoms with Gasteiger partial charge in [-0.15, -0.1) is 0 Å². The second-order valence-corrected chi connectivity index (χ2v) is 13.2. The van der Waals surface area contributed by atoms with Crippen LogP contribution in [0.4, 0.5) is 0 Å². The molecular formula is C18H38O2Si. The van der Waals surface area contributed by atoms with Crippen molar-refractivity contribution in [2.24, 2.45) is 5.92 Å². The van der Waals surface area contributed by atoms with Crippen LogP contribution in [0.15, 0.2) is 0 Å². The van der Waals surface area contributed by atoms with Crippen molar-refractivity contribution in [2.45, 2.75) is 103 Å². The molecule has 2 unspecified atom stereocenters. The molecule has 3 heteroatoms. The maximum absolute atomic E-state index is 11.3. The van der Waals surface area contributed by atoms with Crippen LogP contribution in [0.3, 0.4) is 0 Å². The van der Waals surface area contributed by atoms with Crippen LogP contribution in [-0.2, 0) is 4.79 Å². The Labute approximate surface area is 133 Å². The van der Waals surface area contributed by atoms with Gasteiger partial charge in [-0.25, -0.2) is 0 Å². The average Bonchev–Trinajstić information content (AvgIpc) is 2.38. The summed E-state index contributed by atoms with van der Waals surface area (Å²) < 4.78 is 0. The van der Waals surface area contributed by atoms with Gasteiger partial charge in [-0.1, -0.05) is 97.7 Å². The maximum atomic E-state index is 11.3. The summed E-state index contributed by atoms with van der Waals surface area (Å²) >= 11 is 0. The molecule has 1 N–H and O–H groups in total. The van der Waals surface area contributed by atoms with Crippen molar-refractivity contribution >= 4 is 14.0 Å². The molecule has 2 nitrogen and oxygen atoms in total. The maximum Gasteiger partial charge on any atom is 0.306 e. The molecule has 0 spiro atoms. The molecule has 0 aliphatic carbocycles. The second kappa shape index (κ2) is 11.3. The van der Waals surface area contributed by atoms with Crippen LogP contribution in [0.25, 0.3) is 0 Å². The number of hydrogen-bond acceptors (Lipinski definition) is 1. The Hall–Kier alpha value is -0.313. The summed E-state index contributed by atoms with van der Waals surface area (Å²) in [5.41, 5.74) is 0.416. The predicted molar refractivity (Wildman–Crippen MR) is 95.7 cm³/mol. The normalized spacial score (nSPS) is 14.9.